The first kappa shape index (κ1) is 13.3. The van der Waals surface area contributed by atoms with Crippen LogP contribution < -0.4 is 5.32 Å². The molecular weight excluding hydrogens is 250 g/mol. The minimum atomic E-state index is -0.182. The molecule has 3 nitrogen and oxygen atoms in total. The molecule has 2 atom stereocenters. The first-order chi connectivity index (χ1) is 9.58. The second-order valence-corrected chi connectivity index (χ2v) is 6.24. The number of hydrogen-bond donors (Lipinski definition) is 1. The van der Waals surface area contributed by atoms with Gasteiger partial charge in [0.2, 0.25) is 11.8 Å². The van der Waals surface area contributed by atoms with Gasteiger partial charge in [0.25, 0.3) is 0 Å². The van der Waals surface area contributed by atoms with Gasteiger partial charge in [-0.25, -0.2) is 0 Å². The maximum absolute atomic E-state index is 12.5. The highest BCUT2D eigenvalue weighted by Crippen LogP contribution is 2.58. The van der Waals surface area contributed by atoms with E-state index in [1.165, 1.54) is 0 Å². The molecule has 2 unspecified atom stereocenters. The molecule has 3 rings (SSSR count). The van der Waals surface area contributed by atoms with Crippen LogP contribution in [0.4, 0.5) is 0 Å². The summed E-state index contributed by atoms with van der Waals surface area (Å²) in [5.74, 6) is 0.129. The van der Waals surface area contributed by atoms with E-state index in [0.29, 0.717) is 12.3 Å². The van der Waals surface area contributed by atoms with Gasteiger partial charge >= 0.3 is 0 Å². The van der Waals surface area contributed by atoms with Gasteiger partial charge < -0.3 is 0 Å². The van der Waals surface area contributed by atoms with Crippen molar-refractivity contribution < 1.29 is 9.59 Å². The summed E-state index contributed by atoms with van der Waals surface area (Å²) in [6.07, 6.45) is 3.67. The maximum atomic E-state index is 12.5. The number of hydrogen-bond acceptors (Lipinski definition) is 2. The first-order valence-electron chi connectivity index (χ1n) is 7.47. The van der Waals surface area contributed by atoms with Gasteiger partial charge in [-0.15, -0.1) is 0 Å². The summed E-state index contributed by atoms with van der Waals surface area (Å²) in [4.78, 5) is 24.4. The summed E-state index contributed by atoms with van der Waals surface area (Å²) in [6.45, 7) is 4.17. The van der Waals surface area contributed by atoms with E-state index in [1.807, 2.05) is 31.2 Å². The lowest BCUT2D eigenvalue weighted by Crippen LogP contribution is -2.51. The Labute approximate surface area is 119 Å². The van der Waals surface area contributed by atoms with Gasteiger partial charge in [-0.2, -0.15) is 0 Å². The number of rotatable bonds is 3. The van der Waals surface area contributed by atoms with Crippen LogP contribution in [0.15, 0.2) is 24.3 Å². The Morgan fingerprint density at radius 3 is 2.55 bits per heavy atom. The van der Waals surface area contributed by atoms with Crippen LogP contribution >= 0.6 is 0 Å². The van der Waals surface area contributed by atoms with Crippen LogP contribution in [0.5, 0.6) is 0 Å². The zero-order valence-electron chi connectivity index (χ0n) is 12.1. The summed E-state index contributed by atoms with van der Waals surface area (Å²) >= 11 is 0. The second kappa shape index (κ2) is 4.72. The fourth-order valence-electron chi connectivity index (χ4n) is 3.93. The second-order valence-electron chi connectivity index (χ2n) is 6.24. The van der Waals surface area contributed by atoms with Gasteiger partial charge in [0.15, 0.2) is 0 Å². The largest absolute Gasteiger partial charge is 0.296 e. The van der Waals surface area contributed by atoms with Crippen LogP contribution in [0.1, 0.15) is 49.7 Å². The maximum Gasteiger partial charge on any atom is 0.234 e. The van der Waals surface area contributed by atoms with Gasteiger partial charge in [0.05, 0.1) is 5.92 Å². The van der Waals surface area contributed by atoms with E-state index >= 15 is 0 Å². The van der Waals surface area contributed by atoms with E-state index in [9.17, 15) is 9.59 Å². The van der Waals surface area contributed by atoms with E-state index < -0.39 is 0 Å². The standard InChI is InChI=1S/C17H21NO2/c1-3-17(12-8-9-12)10-14(19)18-16(20)15(17)13-7-5-4-6-11(13)2/h4-7,12,15H,3,8-10H2,1-2H3,(H,18,19,20). The van der Waals surface area contributed by atoms with Crippen molar-refractivity contribution in [3.63, 3.8) is 0 Å². The van der Waals surface area contributed by atoms with Crippen molar-refractivity contribution in [1.29, 1.82) is 0 Å². The lowest BCUT2D eigenvalue weighted by molar-refractivity contribution is -0.141. The third-order valence-corrected chi connectivity index (χ3v) is 5.14. The molecule has 1 aliphatic heterocycles. The van der Waals surface area contributed by atoms with Gasteiger partial charge in [0, 0.05) is 6.42 Å². The fourth-order valence-corrected chi connectivity index (χ4v) is 3.93. The number of imide groups is 1. The summed E-state index contributed by atoms with van der Waals surface area (Å²) in [5, 5.41) is 2.55. The summed E-state index contributed by atoms with van der Waals surface area (Å²) in [6, 6.07) is 8.07. The quantitative estimate of drug-likeness (QED) is 0.859. The monoisotopic (exact) mass is 271 g/mol. The topological polar surface area (TPSA) is 46.2 Å². The third kappa shape index (κ3) is 1.96. The van der Waals surface area contributed by atoms with E-state index in [1.54, 1.807) is 0 Å². The van der Waals surface area contributed by atoms with Gasteiger partial charge in [-0.3, -0.25) is 14.9 Å². The van der Waals surface area contributed by atoms with Crippen LogP contribution in [0.2, 0.25) is 0 Å². The molecule has 1 saturated carbocycles. The van der Waals surface area contributed by atoms with Gasteiger partial charge in [-0.05, 0) is 48.6 Å². The Balaban J connectivity index is 2.11. The first-order valence-corrected chi connectivity index (χ1v) is 7.47. The zero-order valence-corrected chi connectivity index (χ0v) is 12.1. The molecule has 2 aliphatic rings. The number of carbonyl (C=O) groups excluding carboxylic acids is 2. The minimum Gasteiger partial charge on any atom is -0.296 e. The van der Waals surface area contributed by atoms with E-state index in [2.05, 4.69) is 12.2 Å². The lowest BCUT2D eigenvalue weighted by Gasteiger charge is -2.43. The van der Waals surface area contributed by atoms with Crippen molar-refractivity contribution in [3.8, 4) is 0 Å². The summed E-state index contributed by atoms with van der Waals surface area (Å²) < 4.78 is 0. The number of amides is 2. The van der Waals surface area contributed by atoms with Crippen molar-refractivity contribution >= 4 is 11.8 Å². The molecule has 1 N–H and O–H groups in total. The Hall–Kier alpha value is -1.64. The molecule has 20 heavy (non-hydrogen) atoms. The Bertz CT molecular complexity index is 562. The number of carbonyl (C=O) groups is 2. The van der Waals surface area contributed by atoms with Crippen LogP contribution in [0.3, 0.4) is 0 Å². The molecular formula is C17H21NO2. The average Bonchev–Trinajstić information content (AvgIpc) is 3.24. The highest BCUT2D eigenvalue weighted by molar-refractivity contribution is 6.02. The number of benzene rings is 1. The Morgan fingerprint density at radius 1 is 1.25 bits per heavy atom. The van der Waals surface area contributed by atoms with Crippen LogP contribution in [0.25, 0.3) is 0 Å². The Kier molecular flexibility index (Phi) is 3.15. The highest BCUT2D eigenvalue weighted by Gasteiger charge is 2.55. The van der Waals surface area contributed by atoms with Gasteiger partial charge in [-0.1, -0.05) is 31.2 Å². The number of aryl methyl sites for hydroxylation is 1. The van der Waals surface area contributed by atoms with E-state index in [4.69, 9.17) is 0 Å². The fraction of sp³-hybridized carbons (Fsp3) is 0.529. The van der Waals surface area contributed by atoms with E-state index in [-0.39, 0.29) is 23.1 Å². The SMILES string of the molecule is CCC1(C2CC2)CC(=O)NC(=O)C1c1ccccc1C. The van der Waals surface area contributed by atoms with E-state index in [0.717, 1.165) is 30.4 Å². The van der Waals surface area contributed by atoms with Crippen molar-refractivity contribution in [3.05, 3.63) is 35.4 Å². The Morgan fingerprint density at radius 2 is 1.95 bits per heavy atom. The molecule has 1 aromatic rings. The molecule has 2 amide bonds. The molecule has 0 bridgehead atoms. The smallest absolute Gasteiger partial charge is 0.234 e. The molecule has 3 heteroatoms. The van der Waals surface area contributed by atoms with Crippen LogP contribution in [-0.4, -0.2) is 11.8 Å². The zero-order chi connectivity index (χ0) is 14.3. The molecule has 1 aliphatic carbocycles. The summed E-state index contributed by atoms with van der Waals surface area (Å²) in [5.41, 5.74) is 2.05. The summed E-state index contributed by atoms with van der Waals surface area (Å²) in [7, 11) is 0. The predicted molar refractivity (Wildman–Crippen MR) is 77.1 cm³/mol. The predicted octanol–water partition coefficient (Wildman–Crippen LogP) is 2.93. The molecule has 1 heterocycles. The van der Waals surface area contributed by atoms with Gasteiger partial charge in [0.1, 0.15) is 0 Å². The van der Waals surface area contributed by atoms with Crippen molar-refractivity contribution in [2.75, 3.05) is 0 Å². The molecule has 1 aromatic carbocycles. The van der Waals surface area contributed by atoms with Crippen LogP contribution in [-0.2, 0) is 9.59 Å². The number of piperidine rings is 1. The minimum absolute atomic E-state index is 0.103. The normalized spacial score (nSPS) is 30.2. The van der Waals surface area contributed by atoms with Crippen molar-refractivity contribution in [2.45, 2.75) is 45.4 Å². The van der Waals surface area contributed by atoms with Crippen molar-refractivity contribution in [1.82, 2.24) is 5.32 Å². The molecule has 106 valence electrons. The van der Waals surface area contributed by atoms with Crippen molar-refractivity contribution in [2.24, 2.45) is 11.3 Å². The lowest BCUT2D eigenvalue weighted by atomic mass is 9.62. The average molecular weight is 271 g/mol. The number of nitrogens with one attached hydrogen (secondary N) is 1. The molecule has 0 radical (unpaired) electrons. The third-order valence-electron chi connectivity index (χ3n) is 5.14. The molecule has 0 aromatic heterocycles. The molecule has 1 saturated heterocycles. The highest BCUT2D eigenvalue weighted by atomic mass is 16.2. The molecule has 0 spiro atoms. The van der Waals surface area contributed by atoms with Crippen LogP contribution in [0, 0.1) is 18.3 Å². The molecule has 2 fully saturated rings.